The van der Waals surface area contributed by atoms with Crippen LogP contribution in [0.1, 0.15) is 0 Å². The summed E-state index contributed by atoms with van der Waals surface area (Å²) in [4.78, 5) is 0. The van der Waals surface area contributed by atoms with Crippen LogP contribution in [0.4, 0.5) is 0 Å². The van der Waals surface area contributed by atoms with E-state index in [-0.39, 0.29) is 0 Å². The Morgan fingerprint density at radius 2 is 0.474 bits per heavy atom. The normalized spacial score (nSPS) is 55.9. The highest BCUT2D eigenvalue weighted by Gasteiger charge is 2.60. The molecule has 0 aliphatic carbocycles. The molecule has 21 fully saturated rings. The van der Waals surface area contributed by atoms with E-state index in [4.69, 9.17) is 66.3 Å². The van der Waals surface area contributed by atoms with Crippen LogP contribution in [0.3, 0.4) is 0 Å². The van der Waals surface area contributed by atoms with Crippen molar-refractivity contribution < 1.29 is 174 Å². The molecule has 0 spiro atoms. The fourth-order valence-electron chi connectivity index (χ4n) is 10.1. The van der Waals surface area contributed by atoms with Crippen LogP contribution in [0.5, 0.6) is 0 Å². The lowest BCUT2D eigenvalue weighted by Crippen LogP contribution is -2.69. The molecule has 14 bridgehead atoms. The van der Waals surface area contributed by atoms with Crippen molar-refractivity contribution in [2.45, 2.75) is 209 Å². The third-order valence-electron chi connectivity index (χ3n) is 14.5. The molecule has 21 N–H and O–H groups in total. The van der Waals surface area contributed by atoms with E-state index in [1.807, 2.05) is 0 Å². The number of hydrogen-bond acceptors (Lipinski definition) is 35. The van der Waals surface area contributed by atoms with Crippen molar-refractivity contribution in [1.29, 1.82) is 0 Å². The molecule has 0 aromatic carbocycles. The highest BCUT2D eigenvalue weighted by atomic mass is 16.8. The van der Waals surface area contributed by atoms with E-state index in [0.29, 0.717) is 0 Å². The maximum absolute atomic E-state index is 11.4. The largest absolute Gasteiger partial charge is 0.394 e. The van der Waals surface area contributed by atoms with Crippen molar-refractivity contribution in [1.82, 2.24) is 0 Å². The van der Waals surface area contributed by atoms with Gasteiger partial charge >= 0.3 is 0 Å². The van der Waals surface area contributed by atoms with Gasteiger partial charge in [-0.1, -0.05) is 0 Å². The summed E-state index contributed by atoms with van der Waals surface area (Å²) >= 11 is 0. The van der Waals surface area contributed by atoms with E-state index in [9.17, 15) is 107 Å². The molecule has 13 unspecified atom stereocenters. The SMILES string of the molecule is OCC1O[C@@H]2O[C@@H]3C(CO)O[C@H](O[C@]4(O)CO[C@@H](O[C@@H]5C(CO)O[C@H](O[C@@H]6C(CO)O[C@@H](O[C@@H]7C(CO)O[C@@H](O[C@@H]8C(CO)O[C@@H](O[C@H]1C(O)[C@@H]2O)[C@@H](O)C8O)[C@@H](O)C7O)[C@@H](O)C6O)C(O)[C@H]5O)C(O)[C@H]4O)C(O)[C@H]3O. The predicted molar refractivity (Wildman–Crippen MR) is 224 cm³/mol. The molecule has 21 aliphatic rings. The standard InChI is InChI=1S/C41H68O35/c42-1-8-27-14(48)20(54)35(64-8)71-28-9(2-43)65-36(21(55)15(28)49)72-29-10(3-44)66-37(22(56)16(29)50)73-30-11(4-45)67-38(23(57)17(30)51)74-31-12(5-46)68-39(24(58)18(31)52)75-32-13(6-47)69-40(25(59)19(32)53)76-41(62)7-63-34(70-27)26(60)33(41)61/h8-40,42-62H,1-7H2/t8?,9?,10?,11?,12?,13?,14-,15?,16?,17?,18?,19-,20?,21+,22+,23+,24+,25?,26?,27-,28-,29-,30-,31-,32-,33-,34+,35-,36+,37+,38+,39-,40-,41-/m1/s1. The van der Waals surface area contributed by atoms with Crippen LogP contribution in [0.25, 0.3) is 0 Å². The van der Waals surface area contributed by atoms with Crippen molar-refractivity contribution in [3.05, 3.63) is 0 Å². The Morgan fingerprint density at radius 1 is 0.263 bits per heavy atom. The van der Waals surface area contributed by atoms with E-state index >= 15 is 0 Å². The highest BCUT2D eigenvalue weighted by Crippen LogP contribution is 2.39. The van der Waals surface area contributed by atoms with Crippen molar-refractivity contribution in [3.8, 4) is 0 Å². The summed E-state index contributed by atoms with van der Waals surface area (Å²) in [6, 6.07) is 0. The van der Waals surface area contributed by atoms with Gasteiger partial charge in [-0.2, -0.15) is 0 Å². The third-order valence-corrected chi connectivity index (χ3v) is 14.5. The molecule has 0 amide bonds. The van der Waals surface area contributed by atoms with Crippen molar-refractivity contribution in [2.75, 3.05) is 46.2 Å². The molecule has 0 aromatic rings. The molecule has 0 aromatic heterocycles. The minimum Gasteiger partial charge on any atom is -0.394 e. The fraction of sp³-hybridized carbons (Fsp3) is 1.00. The molecule has 0 radical (unpaired) electrons. The summed E-state index contributed by atoms with van der Waals surface area (Å²) < 4.78 is 78.5. The molecule has 21 saturated heterocycles. The molecular formula is C41H68O35. The zero-order chi connectivity index (χ0) is 55.4. The minimum atomic E-state index is -3.06. The average molecular weight is 1120 g/mol. The molecular weight excluding hydrogens is 1050 g/mol. The van der Waals surface area contributed by atoms with Crippen LogP contribution in [0.15, 0.2) is 0 Å². The summed E-state index contributed by atoms with van der Waals surface area (Å²) in [5.41, 5.74) is 0. The summed E-state index contributed by atoms with van der Waals surface area (Å²) in [7, 11) is 0. The topological polar surface area (TPSA) is 554 Å². The third kappa shape index (κ3) is 11.5. The van der Waals surface area contributed by atoms with Crippen molar-refractivity contribution >= 4 is 0 Å². The monoisotopic (exact) mass is 1120 g/mol. The van der Waals surface area contributed by atoms with Crippen LogP contribution in [-0.2, 0) is 66.3 Å². The van der Waals surface area contributed by atoms with Gasteiger partial charge in [0.2, 0.25) is 5.79 Å². The molecule has 76 heavy (non-hydrogen) atoms. The molecule has 21 heterocycles. The second-order valence-corrected chi connectivity index (χ2v) is 19.4. The Labute approximate surface area is 428 Å². The van der Waals surface area contributed by atoms with Gasteiger partial charge in [-0.05, 0) is 0 Å². The van der Waals surface area contributed by atoms with Crippen LogP contribution in [-0.4, -0.2) is 362 Å². The van der Waals surface area contributed by atoms with Crippen LogP contribution in [0, 0.1) is 0 Å². The van der Waals surface area contributed by atoms with Gasteiger partial charge < -0.3 is 174 Å². The van der Waals surface area contributed by atoms with Crippen LogP contribution in [0.2, 0.25) is 0 Å². The van der Waals surface area contributed by atoms with Crippen LogP contribution < -0.4 is 0 Å². The van der Waals surface area contributed by atoms with E-state index in [1.54, 1.807) is 0 Å². The van der Waals surface area contributed by atoms with E-state index in [0.717, 1.165) is 0 Å². The number of rotatable bonds is 6. The molecule has 442 valence electrons. The Morgan fingerprint density at radius 3 is 0.711 bits per heavy atom. The van der Waals surface area contributed by atoms with E-state index in [2.05, 4.69) is 0 Å². The van der Waals surface area contributed by atoms with Gasteiger partial charge in [-0.25, -0.2) is 0 Å². The summed E-state index contributed by atoms with van der Waals surface area (Å²) in [5.74, 6) is -3.06. The molecule has 35 nitrogen and oxygen atoms in total. The summed E-state index contributed by atoms with van der Waals surface area (Å²) in [6.45, 7) is -7.50. The first-order chi connectivity index (χ1) is 36.1. The van der Waals surface area contributed by atoms with Crippen molar-refractivity contribution in [3.63, 3.8) is 0 Å². The van der Waals surface area contributed by atoms with Crippen LogP contribution >= 0.6 is 0 Å². The second kappa shape index (κ2) is 25.0. The highest BCUT2D eigenvalue weighted by molar-refractivity contribution is 5.01. The molecule has 34 atom stereocenters. The van der Waals surface area contributed by atoms with Gasteiger partial charge in [0.1, 0.15) is 165 Å². The Bertz CT molecular complexity index is 1820. The average Bonchev–Trinajstić information content (AvgIpc) is 3.41. The summed E-state index contributed by atoms with van der Waals surface area (Å²) in [6.07, 6.45) is -67.6. The second-order valence-electron chi connectivity index (χ2n) is 19.4. The first kappa shape index (κ1) is 60.7. The van der Waals surface area contributed by atoms with E-state index < -0.39 is 255 Å². The number of aliphatic hydroxyl groups is 21. The quantitative estimate of drug-likeness (QED) is 0.117. The lowest BCUT2D eigenvalue weighted by atomic mass is 9.95. The number of aliphatic hydroxyl groups excluding tert-OH is 20. The number of hydrogen-bond donors (Lipinski definition) is 21. The Hall–Kier alpha value is -1.40. The lowest BCUT2D eigenvalue weighted by molar-refractivity contribution is -0.433. The zero-order valence-corrected chi connectivity index (χ0v) is 39.6. The molecule has 21 rings (SSSR count). The van der Waals surface area contributed by atoms with Gasteiger partial charge in [0.25, 0.3) is 0 Å². The molecule has 35 heteroatoms. The van der Waals surface area contributed by atoms with E-state index in [1.165, 1.54) is 0 Å². The zero-order valence-electron chi connectivity index (χ0n) is 39.6. The summed E-state index contributed by atoms with van der Waals surface area (Å²) in [5, 5.41) is 230. The van der Waals surface area contributed by atoms with Gasteiger partial charge in [0.05, 0.1) is 39.6 Å². The molecule has 21 aliphatic heterocycles. The minimum absolute atomic E-state index is 1.05. The fourth-order valence-corrected chi connectivity index (χ4v) is 10.1. The van der Waals surface area contributed by atoms with Gasteiger partial charge in [-0.15, -0.1) is 0 Å². The lowest BCUT2D eigenvalue weighted by Gasteiger charge is -2.50. The number of ether oxygens (including phenoxy) is 14. The maximum atomic E-state index is 11.4. The van der Waals surface area contributed by atoms with Gasteiger partial charge in [-0.3, -0.25) is 0 Å². The van der Waals surface area contributed by atoms with Crippen molar-refractivity contribution in [2.24, 2.45) is 0 Å². The Kier molecular flexibility index (Phi) is 20.0. The predicted octanol–water partition coefficient (Wildman–Crippen LogP) is -15.3. The Balaban J connectivity index is 1.07. The molecule has 0 saturated carbocycles. The smallest absolute Gasteiger partial charge is 0.221 e. The maximum Gasteiger partial charge on any atom is 0.221 e. The van der Waals surface area contributed by atoms with Gasteiger partial charge in [0.15, 0.2) is 44.0 Å². The first-order valence-electron chi connectivity index (χ1n) is 24.1. The first-order valence-corrected chi connectivity index (χ1v) is 24.1. The van der Waals surface area contributed by atoms with Gasteiger partial charge in [0, 0.05) is 0 Å².